The fourth-order valence-electron chi connectivity index (χ4n) is 2.35. The van der Waals surface area contributed by atoms with E-state index < -0.39 is 0 Å². The number of carbonyl (C=O) groups is 1. The molecule has 3 rings (SSSR count). The zero-order valence-corrected chi connectivity index (χ0v) is 11.8. The third-order valence-electron chi connectivity index (χ3n) is 3.39. The van der Waals surface area contributed by atoms with Gasteiger partial charge in [-0.05, 0) is 31.2 Å². The van der Waals surface area contributed by atoms with Crippen LogP contribution in [-0.2, 0) is 11.2 Å². The van der Waals surface area contributed by atoms with Crippen LogP contribution >= 0.6 is 0 Å². The first-order valence-corrected chi connectivity index (χ1v) is 6.98. The van der Waals surface area contributed by atoms with E-state index in [-0.39, 0.29) is 11.9 Å². The van der Waals surface area contributed by atoms with Crippen LogP contribution in [0.15, 0.2) is 52.7 Å². The summed E-state index contributed by atoms with van der Waals surface area (Å²) in [7, 11) is 0. The first kappa shape index (κ1) is 13.5. The Bertz CT molecular complexity index is 658. The lowest BCUT2D eigenvalue weighted by Gasteiger charge is -2.19. The average Bonchev–Trinajstić information content (AvgIpc) is 2.99. The van der Waals surface area contributed by atoms with E-state index in [0.717, 1.165) is 17.1 Å². The van der Waals surface area contributed by atoms with Gasteiger partial charge in [0.2, 0.25) is 0 Å². The van der Waals surface area contributed by atoms with E-state index in [0.29, 0.717) is 18.6 Å². The van der Waals surface area contributed by atoms with Crippen LogP contribution in [0.4, 0.5) is 0 Å². The highest BCUT2D eigenvalue weighted by molar-refractivity contribution is 5.99. The van der Waals surface area contributed by atoms with E-state index in [9.17, 15) is 4.79 Å². The van der Waals surface area contributed by atoms with Gasteiger partial charge < -0.3 is 14.5 Å². The number of benzene rings is 1. The first-order valence-electron chi connectivity index (χ1n) is 6.98. The highest BCUT2D eigenvalue weighted by Crippen LogP contribution is 2.25. The maximum atomic E-state index is 12.3. The topological polar surface area (TPSA) is 51.5 Å². The summed E-state index contributed by atoms with van der Waals surface area (Å²) >= 11 is 0. The summed E-state index contributed by atoms with van der Waals surface area (Å²) in [6, 6.07) is 11.4. The van der Waals surface area contributed by atoms with Crippen molar-refractivity contribution >= 4 is 12.0 Å². The van der Waals surface area contributed by atoms with Crippen LogP contribution in [0.2, 0.25) is 0 Å². The largest absolute Gasteiger partial charge is 0.488 e. The maximum absolute atomic E-state index is 12.3. The number of furan rings is 1. The van der Waals surface area contributed by atoms with Crippen molar-refractivity contribution in [3.63, 3.8) is 0 Å². The van der Waals surface area contributed by atoms with Crippen molar-refractivity contribution in [2.45, 2.75) is 19.4 Å². The Kier molecular flexibility index (Phi) is 3.77. The molecule has 2 heterocycles. The van der Waals surface area contributed by atoms with Crippen LogP contribution in [0.1, 0.15) is 18.2 Å². The monoisotopic (exact) mass is 283 g/mol. The molecule has 4 heteroatoms. The SMILES string of the molecule is C[C@H](Cc1ccco1)NC(=O)C1=Cc2ccccc2OC1. The molecule has 0 saturated heterocycles. The highest BCUT2D eigenvalue weighted by atomic mass is 16.5. The molecule has 0 saturated carbocycles. The molecule has 0 spiro atoms. The molecule has 2 aromatic rings. The molecule has 0 bridgehead atoms. The van der Waals surface area contributed by atoms with Crippen LogP contribution in [0.3, 0.4) is 0 Å². The molecular weight excluding hydrogens is 266 g/mol. The minimum atomic E-state index is -0.0939. The lowest BCUT2D eigenvalue weighted by molar-refractivity contribution is -0.118. The van der Waals surface area contributed by atoms with Gasteiger partial charge in [-0.2, -0.15) is 0 Å². The predicted molar refractivity (Wildman–Crippen MR) is 79.9 cm³/mol. The molecule has 0 aliphatic carbocycles. The van der Waals surface area contributed by atoms with Crippen LogP contribution < -0.4 is 10.1 Å². The Morgan fingerprint density at radius 1 is 1.29 bits per heavy atom. The lowest BCUT2D eigenvalue weighted by Crippen LogP contribution is -2.36. The van der Waals surface area contributed by atoms with Crippen molar-refractivity contribution in [2.24, 2.45) is 0 Å². The number of amides is 1. The van der Waals surface area contributed by atoms with Gasteiger partial charge in [0.25, 0.3) is 5.91 Å². The minimum Gasteiger partial charge on any atom is -0.488 e. The van der Waals surface area contributed by atoms with Crippen molar-refractivity contribution in [3.8, 4) is 5.75 Å². The van der Waals surface area contributed by atoms with Crippen LogP contribution in [0.5, 0.6) is 5.75 Å². The zero-order chi connectivity index (χ0) is 14.7. The van der Waals surface area contributed by atoms with Gasteiger partial charge in [0.05, 0.1) is 11.8 Å². The summed E-state index contributed by atoms with van der Waals surface area (Å²) in [5.74, 6) is 1.59. The Labute approximate surface area is 123 Å². The molecule has 1 N–H and O–H groups in total. The predicted octanol–water partition coefficient (Wildman–Crippen LogP) is 2.80. The molecule has 1 aromatic carbocycles. The van der Waals surface area contributed by atoms with E-state index in [1.165, 1.54) is 0 Å². The number of hydrogen-bond donors (Lipinski definition) is 1. The smallest absolute Gasteiger partial charge is 0.250 e. The molecule has 4 nitrogen and oxygen atoms in total. The van der Waals surface area contributed by atoms with Gasteiger partial charge in [-0.3, -0.25) is 4.79 Å². The van der Waals surface area contributed by atoms with Crippen molar-refractivity contribution in [2.75, 3.05) is 6.61 Å². The Morgan fingerprint density at radius 3 is 2.95 bits per heavy atom. The number of fused-ring (bicyclic) bond motifs is 1. The van der Waals surface area contributed by atoms with E-state index >= 15 is 0 Å². The molecule has 108 valence electrons. The summed E-state index contributed by atoms with van der Waals surface area (Å²) in [4.78, 5) is 12.3. The number of hydrogen-bond acceptors (Lipinski definition) is 3. The average molecular weight is 283 g/mol. The fourth-order valence-corrected chi connectivity index (χ4v) is 2.35. The number of carbonyl (C=O) groups excluding carboxylic acids is 1. The van der Waals surface area contributed by atoms with Gasteiger partial charge in [-0.1, -0.05) is 18.2 Å². The molecule has 21 heavy (non-hydrogen) atoms. The van der Waals surface area contributed by atoms with E-state index in [4.69, 9.17) is 9.15 Å². The molecule has 1 amide bonds. The van der Waals surface area contributed by atoms with Gasteiger partial charge in [-0.15, -0.1) is 0 Å². The first-order chi connectivity index (χ1) is 10.2. The van der Waals surface area contributed by atoms with Crippen molar-refractivity contribution in [3.05, 3.63) is 59.6 Å². The lowest BCUT2D eigenvalue weighted by atomic mass is 10.1. The van der Waals surface area contributed by atoms with Gasteiger partial charge >= 0.3 is 0 Å². The van der Waals surface area contributed by atoms with E-state index in [2.05, 4.69) is 5.32 Å². The zero-order valence-electron chi connectivity index (χ0n) is 11.8. The summed E-state index contributed by atoms with van der Waals surface area (Å²) in [5.41, 5.74) is 1.58. The second-order valence-corrected chi connectivity index (χ2v) is 5.15. The van der Waals surface area contributed by atoms with E-state index in [1.807, 2.05) is 49.4 Å². The van der Waals surface area contributed by atoms with Gasteiger partial charge in [0.15, 0.2) is 0 Å². The Morgan fingerprint density at radius 2 is 2.14 bits per heavy atom. The molecule has 1 aliphatic rings. The van der Waals surface area contributed by atoms with Crippen LogP contribution in [0, 0.1) is 0 Å². The number of para-hydroxylation sites is 1. The Balaban J connectivity index is 1.65. The van der Waals surface area contributed by atoms with E-state index in [1.54, 1.807) is 6.26 Å². The second kappa shape index (κ2) is 5.87. The molecule has 1 aromatic heterocycles. The number of nitrogens with one attached hydrogen (secondary N) is 1. The normalized spacial score (nSPS) is 14.6. The molecule has 0 unspecified atom stereocenters. The molecule has 1 aliphatic heterocycles. The van der Waals surface area contributed by atoms with Crippen molar-refractivity contribution in [1.29, 1.82) is 0 Å². The summed E-state index contributed by atoms with van der Waals surface area (Å²) in [5, 5.41) is 2.97. The van der Waals surface area contributed by atoms with Gasteiger partial charge in [0, 0.05) is 18.0 Å². The van der Waals surface area contributed by atoms with Crippen LogP contribution in [-0.4, -0.2) is 18.6 Å². The van der Waals surface area contributed by atoms with Gasteiger partial charge in [0.1, 0.15) is 18.1 Å². The molecule has 0 radical (unpaired) electrons. The molecular formula is C17H17NO3. The third kappa shape index (κ3) is 3.16. The quantitative estimate of drug-likeness (QED) is 0.938. The van der Waals surface area contributed by atoms with Crippen LogP contribution in [0.25, 0.3) is 6.08 Å². The summed E-state index contributed by atoms with van der Waals surface area (Å²) in [6.07, 6.45) is 4.19. The number of rotatable bonds is 4. The minimum absolute atomic E-state index is 0.00159. The Hall–Kier alpha value is -2.49. The second-order valence-electron chi connectivity index (χ2n) is 5.15. The number of ether oxygens (including phenoxy) is 1. The van der Waals surface area contributed by atoms with Crippen molar-refractivity contribution < 1.29 is 13.9 Å². The maximum Gasteiger partial charge on any atom is 0.250 e. The third-order valence-corrected chi connectivity index (χ3v) is 3.39. The molecule has 1 atom stereocenters. The molecule has 0 fully saturated rings. The highest BCUT2D eigenvalue weighted by Gasteiger charge is 2.18. The fraction of sp³-hybridized carbons (Fsp3) is 0.235. The van der Waals surface area contributed by atoms with Crippen molar-refractivity contribution in [1.82, 2.24) is 5.32 Å². The van der Waals surface area contributed by atoms with Gasteiger partial charge in [-0.25, -0.2) is 0 Å². The summed E-state index contributed by atoms with van der Waals surface area (Å²) in [6.45, 7) is 2.26. The summed E-state index contributed by atoms with van der Waals surface area (Å²) < 4.78 is 10.9. The standard InChI is InChI=1S/C17H17NO3/c1-12(9-15-6-4-8-20-15)18-17(19)14-10-13-5-2-3-7-16(13)21-11-14/h2-8,10,12H,9,11H2,1H3,(H,18,19)/t12-/m1/s1.